The Balaban J connectivity index is 1.65. The van der Waals surface area contributed by atoms with Crippen LogP contribution in [0.25, 0.3) is 11.1 Å². The summed E-state index contributed by atoms with van der Waals surface area (Å²) in [5.74, 6) is 0.854. The lowest BCUT2D eigenvalue weighted by molar-refractivity contribution is -0.00606. The molecule has 0 spiro atoms. The molecule has 102 valence electrons. The lowest BCUT2D eigenvalue weighted by atomic mass is 10.3. The van der Waals surface area contributed by atoms with Crippen molar-refractivity contribution in [3.63, 3.8) is 0 Å². The van der Waals surface area contributed by atoms with Crippen LogP contribution in [0.2, 0.25) is 0 Å². The third kappa shape index (κ3) is 3.02. The van der Waals surface area contributed by atoms with Gasteiger partial charge in [0.05, 0.1) is 12.7 Å². The summed E-state index contributed by atoms with van der Waals surface area (Å²) in [5.41, 5.74) is 8.01. The quantitative estimate of drug-likeness (QED) is 0.683. The molecule has 0 aliphatic carbocycles. The molecule has 2 aromatic rings. The Morgan fingerprint density at radius 1 is 1.53 bits per heavy atom. The lowest BCUT2D eigenvalue weighted by Crippen LogP contribution is -2.41. The molecule has 0 saturated carbocycles. The number of hydrogen-bond donors (Lipinski definition) is 1. The molecule has 5 nitrogen and oxygen atoms in total. The second-order valence-corrected chi connectivity index (χ2v) is 5.74. The zero-order valence-electron chi connectivity index (χ0n) is 10.8. The number of ether oxygens (including phenoxy) is 1. The first kappa shape index (κ1) is 12.8. The number of nitrogens with zero attached hydrogens (tertiary/aromatic N) is 2. The van der Waals surface area contributed by atoms with Crippen molar-refractivity contribution in [3.8, 4) is 0 Å². The molecule has 1 fully saturated rings. The van der Waals surface area contributed by atoms with Crippen LogP contribution < -0.4 is 5.73 Å². The first-order valence-electron chi connectivity index (χ1n) is 6.30. The number of rotatable bonds is 3. The van der Waals surface area contributed by atoms with Gasteiger partial charge in [0.15, 0.2) is 5.58 Å². The van der Waals surface area contributed by atoms with E-state index in [1.165, 1.54) is 0 Å². The topological polar surface area (TPSA) is 64.5 Å². The van der Waals surface area contributed by atoms with E-state index in [-0.39, 0.29) is 6.10 Å². The number of oxazole rings is 1. The summed E-state index contributed by atoms with van der Waals surface area (Å²) < 4.78 is 11.4. The fourth-order valence-electron chi connectivity index (χ4n) is 2.12. The van der Waals surface area contributed by atoms with Crippen LogP contribution in [0.3, 0.4) is 0 Å². The van der Waals surface area contributed by atoms with Crippen molar-refractivity contribution in [2.45, 2.75) is 11.3 Å². The molecule has 1 aliphatic rings. The monoisotopic (exact) mass is 279 g/mol. The fraction of sp³-hybridized carbons (Fsp3) is 0.462. The smallest absolute Gasteiger partial charge is 0.256 e. The van der Waals surface area contributed by atoms with Crippen molar-refractivity contribution in [1.29, 1.82) is 0 Å². The van der Waals surface area contributed by atoms with E-state index >= 15 is 0 Å². The summed E-state index contributed by atoms with van der Waals surface area (Å²) in [7, 11) is 2.11. The highest BCUT2D eigenvalue weighted by atomic mass is 32.2. The zero-order valence-corrected chi connectivity index (χ0v) is 11.7. The van der Waals surface area contributed by atoms with Crippen LogP contribution in [-0.2, 0) is 4.74 Å². The van der Waals surface area contributed by atoms with E-state index in [1.807, 2.05) is 18.2 Å². The van der Waals surface area contributed by atoms with E-state index in [2.05, 4.69) is 16.9 Å². The molecular formula is C13H17N3O2S. The normalized spacial score (nSPS) is 21.0. The highest BCUT2D eigenvalue weighted by Gasteiger charge is 2.19. The van der Waals surface area contributed by atoms with Gasteiger partial charge < -0.3 is 19.8 Å². The van der Waals surface area contributed by atoms with Gasteiger partial charge in [0.25, 0.3) is 5.22 Å². The molecule has 1 saturated heterocycles. The second-order valence-electron chi connectivity index (χ2n) is 4.77. The average molecular weight is 279 g/mol. The van der Waals surface area contributed by atoms with Gasteiger partial charge in [-0.05, 0) is 25.2 Å². The van der Waals surface area contributed by atoms with Crippen molar-refractivity contribution in [2.24, 2.45) is 0 Å². The number of likely N-dealkylation sites (N-methyl/N-ethyl adjacent to an activating group) is 1. The minimum absolute atomic E-state index is 0.240. The predicted octanol–water partition coefficient (Wildman–Crippen LogP) is 1.83. The van der Waals surface area contributed by atoms with Gasteiger partial charge in [0.2, 0.25) is 0 Å². The van der Waals surface area contributed by atoms with Gasteiger partial charge >= 0.3 is 0 Å². The van der Waals surface area contributed by atoms with Gasteiger partial charge in [-0.3, -0.25) is 0 Å². The first-order valence-corrected chi connectivity index (χ1v) is 7.28. The molecule has 1 aromatic heterocycles. The number of fused-ring (bicyclic) bond motifs is 1. The Kier molecular flexibility index (Phi) is 3.63. The molecule has 1 unspecified atom stereocenters. The van der Waals surface area contributed by atoms with Crippen LogP contribution in [0.1, 0.15) is 0 Å². The standard InChI is InChI=1S/C13H17N3O2S/c1-16-4-5-17-10(7-16)8-19-13-15-11-6-9(14)2-3-12(11)18-13/h2-3,6,10H,4-5,7-8,14H2,1H3. The molecule has 1 aromatic carbocycles. The molecule has 0 bridgehead atoms. The number of anilines is 1. The van der Waals surface area contributed by atoms with Crippen molar-refractivity contribution >= 4 is 28.5 Å². The number of nitrogen functional groups attached to an aromatic ring is 1. The van der Waals surface area contributed by atoms with Crippen LogP contribution in [0.15, 0.2) is 27.8 Å². The summed E-state index contributed by atoms with van der Waals surface area (Å²) >= 11 is 1.59. The van der Waals surface area contributed by atoms with Gasteiger partial charge in [-0.15, -0.1) is 0 Å². The SMILES string of the molecule is CN1CCOC(CSc2nc3cc(N)ccc3o2)C1. The Labute approximate surface area is 116 Å². The maximum atomic E-state index is 5.73. The molecule has 2 heterocycles. The Bertz CT molecular complexity index is 572. The fourth-order valence-corrected chi connectivity index (χ4v) is 2.96. The van der Waals surface area contributed by atoms with E-state index in [9.17, 15) is 0 Å². The van der Waals surface area contributed by atoms with E-state index in [4.69, 9.17) is 14.9 Å². The van der Waals surface area contributed by atoms with Gasteiger partial charge in [0, 0.05) is 24.5 Å². The van der Waals surface area contributed by atoms with Crippen molar-refractivity contribution in [1.82, 2.24) is 9.88 Å². The maximum Gasteiger partial charge on any atom is 0.256 e. The molecule has 0 amide bonds. The molecule has 2 N–H and O–H groups in total. The van der Waals surface area contributed by atoms with Crippen LogP contribution >= 0.6 is 11.8 Å². The minimum atomic E-state index is 0.240. The third-order valence-corrected chi connectivity index (χ3v) is 4.09. The van der Waals surface area contributed by atoms with E-state index in [1.54, 1.807) is 11.8 Å². The lowest BCUT2D eigenvalue weighted by Gasteiger charge is -2.29. The number of nitrogens with two attached hydrogens (primary N) is 1. The zero-order chi connectivity index (χ0) is 13.2. The summed E-state index contributed by atoms with van der Waals surface area (Å²) in [4.78, 5) is 6.70. The largest absolute Gasteiger partial charge is 0.431 e. The molecule has 0 radical (unpaired) electrons. The van der Waals surface area contributed by atoms with Crippen LogP contribution in [0, 0.1) is 0 Å². The number of hydrogen-bond acceptors (Lipinski definition) is 6. The average Bonchev–Trinajstić information content (AvgIpc) is 2.78. The van der Waals surface area contributed by atoms with Crippen LogP contribution in [0.4, 0.5) is 5.69 Å². The van der Waals surface area contributed by atoms with Crippen LogP contribution in [0.5, 0.6) is 0 Å². The van der Waals surface area contributed by atoms with Gasteiger partial charge in [-0.1, -0.05) is 11.8 Å². The third-order valence-electron chi connectivity index (χ3n) is 3.13. The molecule has 1 aliphatic heterocycles. The summed E-state index contributed by atoms with van der Waals surface area (Å²) in [5, 5.41) is 0.678. The minimum Gasteiger partial charge on any atom is -0.431 e. The van der Waals surface area contributed by atoms with E-state index < -0.39 is 0 Å². The van der Waals surface area contributed by atoms with E-state index in [0.717, 1.165) is 36.5 Å². The number of thioether (sulfide) groups is 1. The van der Waals surface area contributed by atoms with Crippen molar-refractivity contribution in [2.75, 3.05) is 38.2 Å². The molecular weight excluding hydrogens is 262 g/mol. The second kappa shape index (κ2) is 5.40. The molecule has 1 atom stereocenters. The first-order chi connectivity index (χ1) is 9.20. The summed E-state index contributed by atoms with van der Waals surface area (Å²) in [6.07, 6.45) is 0.240. The summed E-state index contributed by atoms with van der Waals surface area (Å²) in [6, 6.07) is 5.50. The summed E-state index contributed by atoms with van der Waals surface area (Å²) in [6.45, 7) is 2.76. The van der Waals surface area contributed by atoms with Gasteiger partial charge in [-0.2, -0.15) is 0 Å². The van der Waals surface area contributed by atoms with E-state index in [0.29, 0.717) is 10.9 Å². The molecule has 3 rings (SSSR count). The van der Waals surface area contributed by atoms with Gasteiger partial charge in [-0.25, -0.2) is 4.98 Å². The Morgan fingerprint density at radius 3 is 3.26 bits per heavy atom. The number of benzene rings is 1. The van der Waals surface area contributed by atoms with Crippen molar-refractivity contribution < 1.29 is 9.15 Å². The van der Waals surface area contributed by atoms with Crippen molar-refractivity contribution in [3.05, 3.63) is 18.2 Å². The highest BCUT2D eigenvalue weighted by Crippen LogP contribution is 2.26. The molecule has 19 heavy (non-hydrogen) atoms. The van der Waals surface area contributed by atoms with Gasteiger partial charge in [0.1, 0.15) is 5.52 Å². The Morgan fingerprint density at radius 2 is 2.42 bits per heavy atom. The predicted molar refractivity (Wildman–Crippen MR) is 76.4 cm³/mol. The molecule has 6 heteroatoms. The number of morpholine rings is 1. The highest BCUT2D eigenvalue weighted by molar-refractivity contribution is 7.99. The van der Waals surface area contributed by atoms with Crippen LogP contribution in [-0.4, -0.2) is 48.5 Å². The Hall–Kier alpha value is -1.24. The maximum absolute atomic E-state index is 5.73. The number of aromatic nitrogens is 1.